The van der Waals surface area contributed by atoms with E-state index in [2.05, 4.69) is 5.32 Å². The van der Waals surface area contributed by atoms with Crippen molar-refractivity contribution in [2.75, 3.05) is 6.67 Å². The summed E-state index contributed by atoms with van der Waals surface area (Å²) < 4.78 is 14.9. The highest BCUT2D eigenvalue weighted by Crippen LogP contribution is 2.19. The van der Waals surface area contributed by atoms with Crippen molar-refractivity contribution in [2.45, 2.75) is 37.9 Å². The summed E-state index contributed by atoms with van der Waals surface area (Å²) in [6, 6.07) is 3.58. The van der Waals surface area contributed by atoms with E-state index in [-0.39, 0.29) is 23.7 Å². The van der Waals surface area contributed by atoms with Crippen LogP contribution in [-0.2, 0) is 20.9 Å². The van der Waals surface area contributed by atoms with Crippen LogP contribution in [0.5, 0.6) is 0 Å². The SMILES string of the molecule is O=C(O)C[C@H](NC(=O)[C@@H]1CCCn2c(=O)c3ccccc3c(=O)n21)C(=O)CF. The highest BCUT2D eigenvalue weighted by molar-refractivity contribution is 5.93. The molecule has 1 aliphatic heterocycles. The Morgan fingerprint density at radius 1 is 1.18 bits per heavy atom. The topological polar surface area (TPSA) is 127 Å². The van der Waals surface area contributed by atoms with Crippen molar-refractivity contribution in [2.24, 2.45) is 0 Å². The van der Waals surface area contributed by atoms with Gasteiger partial charge in [0.1, 0.15) is 18.8 Å². The lowest BCUT2D eigenvalue weighted by Crippen LogP contribution is -2.51. The highest BCUT2D eigenvalue weighted by atomic mass is 19.1. The largest absolute Gasteiger partial charge is 0.481 e. The second kappa shape index (κ2) is 7.75. The fourth-order valence-electron chi connectivity index (χ4n) is 3.42. The number of benzene rings is 1. The number of nitrogens with one attached hydrogen (secondary N) is 1. The summed E-state index contributed by atoms with van der Waals surface area (Å²) in [5.74, 6) is -3.26. The lowest BCUT2D eigenvalue weighted by molar-refractivity contribution is -0.140. The molecule has 0 fully saturated rings. The van der Waals surface area contributed by atoms with Crippen LogP contribution in [0.1, 0.15) is 25.3 Å². The van der Waals surface area contributed by atoms with Gasteiger partial charge in [-0.15, -0.1) is 0 Å². The zero-order valence-electron chi connectivity index (χ0n) is 14.8. The summed E-state index contributed by atoms with van der Waals surface area (Å²) in [6.07, 6.45) is -0.135. The molecule has 28 heavy (non-hydrogen) atoms. The number of aliphatic carboxylic acids is 1. The van der Waals surface area contributed by atoms with Gasteiger partial charge in [0.2, 0.25) is 5.91 Å². The number of nitrogens with zero attached hydrogens (tertiary/aromatic N) is 2. The Morgan fingerprint density at radius 3 is 2.43 bits per heavy atom. The van der Waals surface area contributed by atoms with E-state index in [9.17, 15) is 28.4 Å². The van der Waals surface area contributed by atoms with E-state index < -0.39 is 54.0 Å². The molecule has 1 amide bonds. The molecule has 0 bridgehead atoms. The second-order valence-corrected chi connectivity index (χ2v) is 6.54. The maximum Gasteiger partial charge on any atom is 0.305 e. The fourth-order valence-corrected chi connectivity index (χ4v) is 3.42. The number of halogens is 1. The van der Waals surface area contributed by atoms with E-state index in [1.54, 1.807) is 12.1 Å². The first-order valence-corrected chi connectivity index (χ1v) is 8.70. The molecule has 2 atom stereocenters. The van der Waals surface area contributed by atoms with Crippen LogP contribution in [0.25, 0.3) is 10.8 Å². The Morgan fingerprint density at radius 2 is 1.82 bits per heavy atom. The molecule has 0 saturated carbocycles. The number of hydrogen-bond donors (Lipinski definition) is 2. The summed E-state index contributed by atoms with van der Waals surface area (Å²) in [5.41, 5.74) is -0.962. The van der Waals surface area contributed by atoms with Crippen molar-refractivity contribution in [3.8, 4) is 0 Å². The van der Waals surface area contributed by atoms with Gasteiger partial charge in [-0.05, 0) is 25.0 Å². The lowest BCUT2D eigenvalue weighted by Gasteiger charge is -2.29. The maximum absolute atomic E-state index is 12.9. The van der Waals surface area contributed by atoms with Gasteiger partial charge < -0.3 is 10.4 Å². The zero-order chi connectivity index (χ0) is 20.4. The van der Waals surface area contributed by atoms with Crippen molar-refractivity contribution >= 4 is 28.4 Å². The van der Waals surface area contributed by atoms with Crippen LogP contribution in [0, 0.1) is 0 Å². The Labute approximate surface area is 157 Å². The molecular formula is C18H18FN3O6. The average molecular weight is 391 g/mol. The van der Waals surface area contributed by atoms with Gasteiger partial charge in [-0.2, -0.15) is 0 Å². The smallest absolute Gasteiger partial charge is 0.305 e. The average Bonchev–Trinajstić information content (AvgIpc) is 2.70. The Hall–Kier alpha value is -3.30. The number of aromatic nitrogens is 2. The third kappa shape index (κ3) is 3.45. The van der Waals surface area contributed by atoms with E-state index in [4.69, 9.17) is 5.11 Å². The number of carboxylic acid groups (broad SMARTS) is 1. The third-order valence-electron chi connectivity index (χ3n) is 4.75. The summed E-state index contributed by atoms with van der Waals surface area (Å²) in [4.78, 5) is 60.9. The number of alkyl halides is 1. The molecule has 2 N–H and O–H groups in total. The van der Waals surface area contributed by atoms with Crippen molar-refractivity contribution in [3.63, 3.8) is 0 Å². The number of rotatable bonds is 6. The number of Topliss-reactive ketones (excluding diaryl/α,β-unsaturated/α-hetero) is 1. The van der Waals surface area contributed by atoms with Gasteiger partial charge in [0.05, 0.1) is 17.2 Å². The first-order valence-electron chi connectivity index (χ1n) is 8.70. The Kier molecular flexibility index (Phi) is 5.39. The Balaban J connectivity index is 2.03. The van der Waals surface area contributed by atoms with Crippen LogP contribution in [0.3, 0.4) is 0 Å². The van der Waals surface area contributed by atoms with E-state index in [1.165, 1.54) is 16.8 Å². The number of ketones is 1. The van der Waals surface area contributed by atoms with Crippen molar-refractivity contribution in [1.82, 2.24) is 14.7 Å². The molecule has 1 aromatic heterocycles. The molecule has 2 heterocycles. The van der Waals surface area contributed by atoms with Crippen molar-refractivity contribution in [1.29, 1.82) is 0 Å². The zero-order valence-corrected chi connectivity index (χ0v) is 14.8. The highest BCUT2D eigenvalue weighted by Gasteiger charge is 2.32. The minimum atomic E-state index is -1.55. The minimum absolute atomic E-state index is 0.158. The summed E-state index contributed by atoms with van der Waals surface area (Å²) in [6.45, 7) is -1.19. The fraction of sp³-hybridized carbons (Fsp3) is 0.389. The first-order chi connectivity index (χ1) is 13.3. The number of carboxylic acids is 1. The van der Waals surface area contributed by atoms with Gasteiger partial charge in [-0.3, -0.25) is 24.0 Å². The van der Waals surface area contributed by atoms with Gasteiger partial charge in [-0.25, -0.2) is 13.8 Å². The molecule has 0 saturated heterocycles. The summed E-state index contributed by atoms with van der Waals surface area (Å²) >= 11 is 0. The number of carbonyl (C=O) groups excluding carboxylic acids is 2. The maximum atomic E-state index is 12.9. The van der Waals surface area contributed by atoms with Crippen molar-refractivity contribution < 1.29 is 23.9 Å². The number of amides is 1. The standard InChI is InChI=1S/C18H18FN3O6/c19-9-14(23)12(8-15(24)25)20-16(26)13-6-3-7-21-17(27)10-4-1-2-5-11(10)18(28)22(13)21/h1-2,4-5,12-13H,3,6-9H2,(H,20,26)(H,24,25)/t12-,13-/m0/s1. The molecule has 2 aromatic rings. The number of carbonyl (C=O) groups is 3. The molecule has 148 valence electrons. The monoisotopic (exact) mass is 391 g/mol. The molecule has 1 aromatic carbocycles. The molecule has 9 nitrogen and oxygen atoms in total. The predicted molar refractivity (Wildman–Crippen MR) is 95.9 cm³/mol. The number of hydrogen-bond acceptors (Lipinski definition) is 5. The van der Waals surface area contributed by atoms with Crippen LogP contribution < -0.4 is 16.4 Å². The molecular weight excluding hydrogens is 373 g/mol. The summed E-state index contributed by atoms with van der Waals surface area (Å²) in [7, 11) is 0. The van der Waals surface area contributed by atoms with Gasteiger partial charge in [-0.1, -0.05) is 12.1 Å². The quantitative estimate of drug-likeness (QED) is 0.713. The van der Waals surface area contributed by atoms with Crippen LogP contribution in [0.15, 0.2) is 33.9 Å². The molecule has 10 heteroatoms. The van der Waals surface area contributed by atoms with Gasteiger partial charge >= 0.3 is 5.97 Å². The van der Waals surface area contributed by atoms with E-state index in [0.29, 0.717) is 6.42 Å². The van der Waals surface area contributed by atoms with Crippen LogP contribution in [0.4, 0.5) is 4.39 Å². The van der Waals surface area contributed by atoms with Gasteiger partial charge in [0.15, 0.2) is 5.78 Å². The second-order valence-electron chi connectivity index (χ2n) is 6.54. The molecule has 1 aliphatic rings. The van der Waals surface area contributed by atoms with Crippen LogP contribution in [-0.4, -0.2) is 44.8 Å². The van der Waals surface area contributed by atoms with Crippen LogP contribution >= 0.6 is 0 Å². The summed E-state index contributed by atoms with van der Waals surface area (Å²) in [5, 5.41) is 11.5. The van der Waals surface area contributed by atoms with Crippen LogP contribution in [0.2, 0.25) is 0 Å². The van der Waals surface area contributed by atoms with E-state index >= 15 is 0 Å². The normalized spacial score (nSPS) is 17.0. The van der Waals surface area contributed by atoms with Gasteiger partial charge in [0, 0.05) is 6.54 Å². The molecule has 0 radical (unpaired) electrons. The molecule has 0 unspecified atom stereocenters. The third-order valence-corrected chi connectivity index (χ3v) is 4.75. The first kappa shape index (κ1) is 19.5. The van der Waals surface area contributed by atoms with Crippen molar-refractivity contribution in [3.05, 3.63) is 45.0 Å². The van der Waals surface area contributed by atoms with E-state index in [1.807, 2.05) is 0 Å². The molecule has 0 aliphatic carbocycles. The lowest BCUT2D eigenvalue weighted by atomic mass is 10.1. The molecule has 0 spiro atoms. The van der Waals surface area contributed by atoms with Gasteiger partial charge in [0.25, 0.3) is 11.1 Å². The molecule has 3 rings (SSSR count). The Bertz CT molecular complexity index is 1070. The minimum Gasteiger partial charge on any atom is -0.481 e. The number of fused-ring (bicyclic) bond motifs is 2. The van der Waals surface area contributed by atoms with E-state index in [0.717, 1.165) is 4.68 Å². The predicted octanol–water partition coefficient (Wildman–Crippen LogP) is -0.00380.